The Morgan fingerprint density at radius 3 is 2.20 bits per heavy atom. The van der Waals surface area contributed by atoms with Crippen LogP contribution in [0.1, 0.15) is 64.4 Å². The third kappa shape index (κ3) is 4.80. The summed E-state index contributed by atoms with van der Waals surface area (Å²) in [6.45, 7) is 10.9. The highest BCUT2D eigenvalue weighted by atomic mass is 16.5. The van der Waals surface area contributed by atoms with Crippen LogP contribution in [0.5, 0.6) is 5.75 Å². The first-order valence-corrected chi connectivity index (χ1v) is 10.0. The standard InChI is InChI=1S/C21H34BNO2/c1-21(2,3)18-7-11-20(12-8-18)25-19-9-5-16(6-10-19)17-13-14-23(15-17)22(4)24/h5-6,9-10,17-18,20,24H,7-8,11-15H2,1-4H3/t17?,18-,20-. The second-order valence-corrected chi connectivity index (χ2v) is 9.14. The fourth-order valence-electron chi connectivity index (χ4n) is 4.46. The van der Waals surface area contributed by atoms with Crippen molar-refractivity contribution in [2.75, 3.05) is 13.1 Å². The van der Waals surface area contributed by atoms with Crippen molar-refractivity contribution in [3.8, 4) is 5.75 Å². The maximum absolute atomic E-state index is 9.72. The molecule has 0 aromatic heterocycles. The molecule has 0 amide bonds. The average molecular weight is 343 g/mol. The van der Waals surface area contributed by atoms with Crippen molar-refractivity contribution < 1.29 is 9.76 Å². The molecule has 4 heteroatoms. The van der Waals surface area contributed by atoms with Crippen molar-refractivity contribution in [3.63, 3.8) is 0 Å². The van der Waals surface area contributed by atoms with Crippen molar-refractivity contribution in [3.05, 3.63) is 29.8 Å². The molecule has 0 spiro atoms. The van der Waals surface area contributed by atoms with Crippen LogP contribution < -0.4 is 4.74 Å². The van der Waals surface area contributed by atoms with Gasteiger partial charge in [-0.2, -0.15) is 0 Å². The third-order valence-electron chi connectivity index (χ3n) is 6.30. The van der Waals surface area contributed by atoms with E-state index in [1.54, 1.807) is 0 Å². The van der Waals surface area contributed by atoms with Gasteiger partial charge in [-0.05, 0) is 87.0 Å². The van der Waals surface area contributed by atoms with Crippen molar-refractivity contribution in [1.82, 2.24) is 4.81 Å². The average Bonchev–Trinajstić information content (AvgIpc) is 3.05. The SMILES string of the molecule is CB(O)N1CCC(c2ccc(O[C@H]3CC[C@H](C(C)(C)C)CC3)cc2)C1. The van der Waals surface area contributed by atoms with E-state index in [0.29, 0.717) is 17.4 Å². The number of ether oxygens (including phenoxy) is 1. The zero-order chi connectivity index (χ0) is 18.0. The van der Waals surface area contributed by atoms with E-state index in [1.165, 1.54) is 31.2 Å². The number of hydrogen-bond acceptors (Lipinski definition) is 3. The fraction of sp³-hybridized carbons (Fsp3) is 0.714. The molecular formula is C21H34BNO2. The highest BCUT2D eigenvalue weighted by Crippen LogP contribution is 2.39. The smallest absolute Gasteiger partial charge is 0.376 e. The quantitative estimate of drug-likeness (QED) is 0.813. The highest BCUT2D eigenvalue weighted by molar-refractivity contribution is 6.45. The molecule has 2 fully saturated rings. The lowest BCUT2D eigenvalue weighted by molar-refractivity contribution is 0.0882. The maximum Gasteiger partial charge on any atom is 0.376 e. The summed E-state index contributed by atoms with van der Waals surface area (Å²) in [6, 6.07) is 8.70. The minimum absolute atomic E-state index is 0.337. The van der Waals surface area contributed by atoms with Gasteiger partial charge in [-0.25, -0.2) is 0 Å². The van der Waals surface area contributed by atoms with E-state index in [-0.39, 0.29) is 7.05 Å². The van der Waals surface area contributed by atoms with E-state index in [1.807, 2.05) is 6.82 Å². The van der Waals surface area contributed by atoms with Crippen LogP contribution in [0.2, 0.25) is 6.82 Å². The molecule has 1 saturated carbocycles. The van der Waals surface area contributed by atoms with Crippen molar-refractivity contribution in [2.24, 2.45) is 11.3 Å². The zero-order valence-electron chi connectivity index (χ0n) is 16.4. The van der Waals surface area contributed by atoms with Gasteiger partial charge < -0.3 is 14.6 Å². The van der Waals surface area contributed by atoms with Gasteiger partial charge in [0, 0.05) is 0 Å². The predicted octanol–water partition coefficient (Wildman–Crippen LogP) is 4.57. The third-order valence-corrected chi connectivity index (χ3v) is 6.30. The minimum atomic E-state index is -0.337. The molecule has 0 radical (unpaired) electrons. The molecule has 138 valence electrons. The topological polar surface area (TPSA) is 32.7 Å². The van der Waals surface area contributed by atoms with Gasteiger partial charge in [-0.1, -0.05) is 32.9 Å². The van der Waals surface area contributed by atoms with Crippen molar-refractivity contribution >= 4 is 7.05 Å². The lowest BCUT2D eigenvalue weighted by Crippen LogP contribution is -2.34. The van der Waals surface area contributed by atoms with E-state index in [2.05, 4.69) is 49.8 Å². The van der Waals surface area contributed by atoms with Crippen LogP contribution in [0.3, 0.4) is 0 Å². The molecule has 1 aromatic carbocycles. The van der Waals surface area contributed by atoms with Crippen LogP contribution in [0, 0.1) is 11.3 Å². The molecule has 2 aliphatic rings. The summed E-state index contributed by atoms with van der Waals surface area (Å²) in [5.74, 6) is 2.37. The van der Waals surface area contributed by atoms with Gasteiger partial charge in [0.1, 0.15) is 5.75 Å². The number of benzene rings is 1. The Hall–Kier alpha value is -0.995. The molecule has 1 unspecified atom stereocenters. The first kappa shape index (κ1) is 18.8. The number of nitrogens with zero attached hydrogens (tertiary/aromatic N) is 1. The Bertz CT molecular complexity index is 544. The first-order chi connectivity index (χ1) is 11.8. The van der Waals surface area contributed by atoms with Crippen LogP contribution >= 0.6 is 0 Å². The van der Waals surface area contributed by atoms with Gasteiger partial charge in [0.05, 0.1) is 6.10 Å². The Morgan fingerprint density at radius 1 is 1.04 bits per heavy atom. The summed E-state index contributed by atoms with van der Waals surface area (Å²) in [4.78, 5) is 2.14. The van der Waals surface area contributed by atoms with Crippen LogP contribution in [-0.4, -0.2) is 36.1 Å². The molecule has 3 nitrogen and oxygen atoms in total. The molecule has 1 N–H and O–H groups in total. The van der Waals surface area contributed by atoms with Crippen LogP contribution in [0.25, 0.3) is 0 Å². The highest BCUT2D eigenvalue weighted by Gasteiger charge is 2.31. The second kappa shape index (κ2) is 7.71. The molecule has 1 aliphatic carbocycles. The van der Waals surface area contributed by atoms with Crippen LogP contribution in [0.15, 0.2) is 24.3 Å². The summed E-state index contributed by atoms with van der Waals surface area (Å²) < 4.78 is 6.24. The Kier molecular flexibility index (Phi) is 5.80. The monoisotopic (exact) mass is 343 g/mol. The Labute approximate surface area is 153 Å². The zero-order valence-corrected chi connectivity index (χ0v) is 16.4. The number of rotatable bonds is 4. The van der Waals surface area contributed by atoms with Gasteiger partial charge in [0.15, 0.2) is 0 Å². The maximum atomic E-state index is 9.72. The van der Waals surface area contributed by atoms with Gasteiger partial charge in [0.2, 0.25) is 0 Å². The van der Waals surface area contributed by atoms with Gasteiger partial charge in [0.25, 0.3) is 0 Å². The van der Waals surface area contributed by atoms with Gasteiger partial charge in [-0.15, -0.1) is 0 Å². The van der Waals surface area contributed by atoms with E-state index >= 15 is 0 Å². The fourth-order valence-corrected chi connectivity index (χ4v) is 4.46. The second-order valence-electron chi connectivity index (χ2n) is 9.14. The summed E-state index contributed by atoms with van der Waals surface area (Å²) in [5, 5.41) is 9.72. The molecule has 1 heterocycles. The molecule has 1 aliphatic heterocycles. The molecule has 0 bridgehead atoms. The summed E-state index contributed by atoms with van der Waals surface area (Å²) in [6.07, 6.45) is 6.42. The Morgan fingerprint density at radius 2 is 1.68 bits per heavy atom. The van der Waals surface area contributed by atoms with E-state index in [0.717, 1.165) is 31.2 Å². The van der Waals surface area contributed by atoms with Crippen LogP contribution in [-0.2, 0) is 0 Å². The van der Waals surface area contributed by atoms with Crippen molar-refractivity contribution in [2.45, 2.75) is 71.7 Å². The van der Waals surface area contributed by atoms with Crippen molar-refractivity contribution in [1.29, 1.82) is 0 Å². The lowest BCUT2D eigenvalue weighted by Gasteiger charge is -2.37. The van der Waals surface area contributed by atoms with E-state index in [4.69, 9.17) is 4.74 Å². The molecule has 1 aromatic rings. The molecular weight excluding hydrogens is 309 g/mol. The molecule has 25 heavy (non-hydrogen) atoms. The Balaban J connectivity index is 1.50. The van der Waals surface area contributed by atoms with Gasteiger partial charge in [-0.3, -0.25) is 0 Å². The molecule has 1 saturated heterocycles. The largest absolute Gasteiger partial charge is 0.490 e. The van der Waals surface area contributed by atoms with Crippen LogP contribution in [0.4, 0.5) is 0 Å². The minimum Gasteiger partial charge on any atom is -0.490 e. The normalized spacial score (nSPS) is 28.1. The molecule has 3 rings (SSSR count). The summed E-state index contributed by atoms with van der Waals surface area (Å²) >= 11 is 0. The first-order valence-electron chi connectivity index (χ1n) is 10.0. The molecule has 1 atom stereocenters. The number of hydrogen-bond donors (Lipinski definition) is 1. The summed E-state index contributed by atoms with van der Waals surface area (Å²) in [5.41, 5.74) is 1.79. The van der Waals surface area contributed by atoms with E-state index < -0.39 is 0 Å². The van der Waals surface area contributed by atoms with E-state index in [9.17, 15) is 5.02 Å². The van der Waals surface area contributed by atoms with Gasteiger partial charge >= 0.3 is 7.05 Å². The lowest BCUT2D eigenvalue weighted by atomic mass is 9.72. The summed E-state index contributed by atoms with van der Waals surface area (Å²) in [7, 11) is -0.337. The predicted molar refractivity (Wildman–Crippen MR) is 105 cm³/mol.